The van der Waals surface area contributed by atoms with Crippen LogP contribution < -0.4 is 21.1 Å². The first kappa shape index (κ1) is 26.2. The predicted molar refractivity (Wildman–Crippen MR) is 142 cm³/mol. The Morgan fingerprint density at radius 2 is 1.89 bits per heavy atom. The molecule has 2 amide bonds. The van der Waals surface area contributed by atoms with Crippen LogP contribution in [0.15, 0.2) is 48.7 Å². The number of nitrogens with zero attached hydrogens (tertiary/aromatic N) is 2. The van der Waals surface area contributed by atoms with Gasteiger partial charge in [0.2, 0.25) is 0 Å². The fourth-order valence-corrected chi connectivity index (χ4v) is 3.61. The summed E-state index contributed by atoms with van der Waals surface area (Å²) < 4.78 is 6.86. The van der Waals surface area contributed by atoms with Gasteiger partial charge in [-0.2, -0.15) is 0 Å². The Labute approximate surface area is 210 Å². The van der Waals surface area contributed by atoms with Crippen molar-refractivity contribution < 1.29 is 14.3 Å². The Balaban J connectivity index is 1.81. The average molecular weight is 489 g/mol. The lowest BCUT2D eigenvalue weighted by Crippen LogP contribution is -2.34. The number of aryl methyl sites for hydroxylation is 1. The van der Waals surface area contributed by atoms with Crippen LogP contribution >= 0.6 is 0 Å². The Hall–Kier alpha value is -4.40. The van der Waals surface area contributed by atoms with Gasteiger partial charge < -0.3 is 25.7 Å². The number of benzene rings is 1. The molecule has 2 heterocycles. The van der Waals surface area contributed by atoms with E-state index in [-0.39, 0.29) is 17.5 Å². The standard InChI is InChI=1S/C27H32N6O3/c1-17(2)31-24(28)13-14-30-27(35)23-15-19(16-33(23)3)25-22(26(29)34)12-9-20(32-25)8-5-18-6-10-21(36-4)11-7-18/h5-12,15-17H,13-14H2,1-4H3,(H2,28,31)(H2,29,34)(H,30,35). The molecule has 9 nitrogen and oxygen atoms in total. The molecular weight excluding hydrogens is 456 g/mol. The average Bonchev–Trinajstić information content (AvgIpc) is 3.23. The van der Waals surface area contributed by atoms with Crippen molar-refractivity contribution in [1.82, 2.24) is 20.2 Å². The zero-order valence-corrected chi connectivity index (χ0v) is 21.0. The van der Waals surface area contributed by atoms with Gasteiger partial charge in [-0.3, -0.25) is 15.0 Å². The van der Waals surface area contributed by atoms with E-state index in [9.17, 15) is 9.59 Å². The van der Waals surface area contributed by atoms with Crippen LogP contribution in [0.3, 0.4) is 0 Å². The molecule has 0 radical (unpaired) electrons. The molecule has 0 fully saturated rings. The lowest BCUT2D eigenvalue weighted by Gasteiger charge is -2.11. The number of hydrogen-bond donors (Lipinski definition) is 4. The van der Waals surface area contributed by atoms with Crippen LogP contribution in [0.1, 0.15) is 52.4 Å². The number of pyridine rings is 1. The van der Waals surface area contributed by atoms with Crippen LogP contribution in [0.5, 0.6) is 5.75 Å². The minimum absolute atomic E-state index is 0.164. The van der Waals surface area contributed by atoms with Gasteiger partial charge in [-0.25, -0.2) is 4.98 Å². The monoisotopic (exact) mass is 488 g/mol. The molecule has 3 rings (SSSR count). The van der Waals surface area contributed by atoms with E-state index in [0.717, 1.165) is 11.3 Å². The first-order valence-corrected chi connectivity index (χ1v) is 11.6. The maximum atomic E-state index is 12.7. The van der Waals surface area contributed by atoms with Crippen molar-refractivity contribution in [1.29, 1.82) is 5.41 Å². The molecule has 0 saturated carbocycles. The molecule has 5 N–H and O–H groups in total. The molecular formula is C27H32N6O3. The second-order valence-electron chi connectivity index (χ2n) is 8.61. The van der Waals surface area contributed by atoms with E-state index in [2.05, 4.69) is 15.6 Å². The van der Waals surface area contributed by atoms with E-state index in [0.29, 0.717) is 41.4 Å². The van der Waals surface area contributed by atoms with Crippen molar-refractivity contribution in [2.75, 3.05) is 13.7 Å². The van der Waals surface area contributed by atoms with Gasteiger partial charge in [-0.05, 0) is 55.8 Å². The van der Waals surface area contributed by atoms with E-state index in [1.165, 1.54) is 0 Å². The van der Waals surface area contributed by atoms with Crippen molar-refractivity contribution in [2.24, 2.45) is 12.8 Å². The maximum Gasteiger partial charge on any atom is 0.267 e. The summed E-state index contributed by atoms with van der Waals surface area (Å²) in [7, 11) is 3.37. The minimum Gasteiger partial charge on any atom is -0.497 e. The van der Waals surface area contributed by atoms with Crippen molar-refractivity contribution in [2.45, 2.75) is 26.3 Å². The molecule has 9 heteroatoms. The topological polar surface area (TPSA) is 135 Å². The number of aromatic nitrogens is 2. The first-order valence-electron chi connectivity index (χ1n) is 11.6. The number of carbonyl (C=O) groups is 2. The van der Waals surface area contributed by atoms with Crippen LogP contribution in [0.4, 0.5) is 0 Å². The third-order valence-corrected chi connectivity index (χ3v) is 5.38. The van der Waals surface area contributed by atoms with E-state index < -0.39 is 5.91 Å². The number of primary amides is 1. The van der Waals surface area contributed by atoms with Crippen LogP contribution in [-0.4, -0.2) is 46.9 Å². The number of amides is 2. The summed E-state index contributed by atoms with van der Waals surface area (Å²) in [5.74, 6) is 0.256. The smallest absolute Gasteiger partial charge is 0.267 e. The van der Waals surface area contributed by atoms with Gasteiger partial charge in [-0.15, -0.1) is 0 Å². The van der Waals surface area contributed by atoms with Gasteiger partial charge in [0.15, 0.2) is 0 Å². The number of methoxy groups -OCH3 is 1. The van der Waals surface area contributed by atoms with Crippen molar-refractivity contribution >= 4 is 29.8 Å². The first-order chi connectivity index (χ1) is 17.2. The Morgan fingerprint density at radius 3 is 2.53 bits per heavy atom. The highest BCUT2D eigenvalue weighted by atomic mass is 16.5. The van der Waals surface area contributed by atoms with Gasteiger partial charge in [0.1, 0.15) is 11.4 Å². The maximum absolute atomic E-state index is 12.7. The lowest BCUT2D eigenvalue weighted by atomic mass is 10.1. The number of amidine groups is 1. The number of nitrogens with two attached hydrogens (primary N) is 1. The number of ether oxygens (including phenoxy) is 1. The van der Waals surface area contributed by atoms with Crippen molar-refractivity contribution in [3.63, 3.8) is 0 Å². The van der Waals surface area contributed by atoms with Gasteiger partial charge in [-0.1, -0.05) is 18.2 Å². The Morgan fingerprint density at radius 1 is 1.17 bits per heavy atom. The van der Waals surface area contributed by atoms with Crippen molar-refractivity contribution in [3.8, 4) is 17.0 Å². The zero-order valence-electron chi connectivity index (χ0n) is 21.0. The van der Waals surface area contributed by atoms with E-state index in [4.69, 9.17) is 15.9 Å². The predicted octanol–water partition coefficient (Wildman–Crippen LogP) is 3.46. The molecule has 0 aliphatic carbocycles. The van der Waals surface area contributed by atoms with Gasteiger partial charge in [0.25, 0.3) is 11.8 Å². The molecule has 188 valence electrons. The highest BCUT2D eigenvalue weighted by molar-refractivity contribution is 6.00. The quantitative estimate of drug-likeness (QED) is 0.256. The summed E-state index contributed by atoms with van der Waals surface area (Å²) in [6, 6.07) is 12.8. The van der Waals surface area contributed by atoms with E-state index in [1.54, 1.807) is 43.1 Å². The minimum atomic E-state index is -0.603. The Bertz CT molecular complexity index is 1280. The van der Waals surface area contributed by atoms with Crippen LogP contribution in [0.2, 0.25) is 0 Å². The molecule has 0 aliphatic rings. The Kier molecular flexibility index (Phi) is 8.61. The molecule has 3 aromatic rings. The summed E-state index contributed by atoms with van der Waals surface area (Å²) in [6.45, 7) is 4.24. The van der Waals surface area contributed by atoms with E-state index >= 15 is 0 Å². The third-order valence-electron chi connectivity index (χ3n) is 5.38. The molecule has 0 atom stereocenters. The SMILES string of the molecule is COc1ccc(C=Cc2ccc(C(N)=O)c(-c3cc(C(=O)NCCC(=N)NC(C)C)n(C)c3)n2)cc1. The van der Waals surface area contributed by atoms with E-state index in [1.807, 2.05) is 50.3 Å². The fourth-order valence-electron chi connectivity index (χ4n) is 3.61. The summed E-state index contributed by atoms with van der Waals surface area (Å²) >= 11 is 0. The number of hydrogen-bond acceptors (Lipinski definition) is 5. The van der Waals surface area contributed by atoms with Crippen LogP contribution in [-0.2, 0) is 7.05 Å². The number of nitrogens with one attached hydrogen (secondary N) is 3. The molecule has 0 spiro atoms. The molecule has 0 bridgehead atoms. The number of carbonyl (C=O) groups excluding carboxylic acids is 2. The summed E-state index contributed by atoms with van der Waals surface area (Å²) in [5.41, 5.74) is 8.88. The summed E-state index contributed by atoms with van der Waals surface area (Å²) in [5, 5.41) is 13.7. The normalized spacial score (nSPS) is 11.0. The molecule has 0 aliphatic heterocycles. The highest BCUT2D eigenvalue weighted by Gasteiger charge is 2.18. The molecule has 1 aromatic carbocycles. The molecule has 2 aromatic heterocycles. The number of rotatable bonds is 10. The highest BCUT2D eigenvalue weighted by Crippen LogP contribution is 2.25. The largest absolute Gasteiger partial charge is 0.497 e. The lowest BCUT2D eigenvalue weighted by molar-refractivity contribution is 0.0945. The molecule has 0 unspecified atom stereocenters. The zero-order chi connectivity index (χ0) is 26.2. The third kappa shape index (κ3) is 6.82. The van der Waals surface area contributed by atoms with Crippen molar-refractivity contribution in [3.05, 3.63) is 71.2 Å². The molecule has 36 heavy (non-hydrogen) atoms. The van der Waals surface area contributed by atoms with Gasteiger partial charge >= 0.3 is 0 Å². The van der Waals surface area contributed by atoms with Gasteiger partial charge in [0, 0.05) is 37.8 Å². The second-order valence-corrected chi connectivity index (χ2v) is 8.61. The van der Waals surface area contributed by atoms with Gasteiger partial charge in [0.05, 0.1) is 29.9 Å². The summed E-state index contributed by atoms with van der Waals surface area (Å²) in [4.78, 5) is 29.5. The van der Waals surface area contributed by atoms with Crippen LogP contribution in [0.25, 0.3) is 23.4 Å². The summed E-state index contributed by atoms with van der Waals surface area (Å²) in [6.07, 6.45) is 5.89. The van der Waals surface area contributed by atoms with Crippen LogP contribution in [0, 0.1) is 5.41 Å². The molecule has 0 saturated heterocycles. The fraction of sp³-hybridized carbons (Fsp3) is 0.259. The second kappa shape index (κ2) is 11.8.